The minimum Gasteiger partial charge on any atom is -0.353 e. The molecule has 2 aromatic rings. The van der Waals surface area contributed by atoms with E-state index in [2.05, 4.69) is 49.4 Å². The van der Waals surface area contributed by atoms with Crippen molar-refractivity contribution in [1.29, 1.82) is 0 Å². The molecule has 100 valence electrons. The van der Waals surface area contributed by atoms with Crippen molar-refractivity contribution in [1.82, 2.24) is 0 Å². The highest BCUT2D eigenvalue weighted by molar-refractivity contribution is 5.85. The van der Waals surface area contributed by atoms with Gasteiger partial charge in [0.15, 0.2) is 6.29 Å². The molecule has 0 aromatic heterocycles. The lowest BCUT2D eigenvalue weighted by Gasteiger charge is -2.26. The highest BCUT2D eigenvalue weighted by atomic mass is 16.7. The van der Waals surface area contributed by atoms with Gasteiger partial charge in [-0.3, -0.25) is 0 Å². The van der Waals surface area contributed by atoms with Crippen LogP contribution in [0.4, 0.5) is 0 Å². The minimum absolute atomic E-state index is 0.0391. The van der Waals surface area contributed by atoms with Gasteiger partial charge in [-0.2, -0.15) is 0 Å². The molecule has 1 aliphatic heterocycles. The van der Waals surface area contributed by atoms with E-state index >= 15 is 0 Å². The summed E-state index contributed by atoms with van der Waals surface area (Å²) in [6, 6.07) is 14.8. The summed E-state index contributed by atoms with van der Waals surface area (Å²) in [5, 5.41) is 2.54. The minimum atomic E-state index is -0.0391. The van der Waals surface area contributed by atoms with Crippen LogP contribution in [0, 0.1) is 0 Å². The summed E-state index contributed by atoms with van der Waals surface area (Å²) >= 11 is 0. The van der Waals surface area contributed by atoms with Gasteiger partial charge in [0.05, 0.1) is 6.10 Å². The van der Waals surface area contributed by atoms with Gasteiger partial charge in [0.1, 0.15) is 0 Å². The molecule has 2 unspecified atom stereocenters. The van der Waals surface area contributed by atoms with Crippen LogP contribution >= 0.6 is 0 Å². The van der Waals surface area contributed by atoms with Crippen molar-refractivity contribution in [3.05, 3.63) is 48.0 Å². The molecule has 1 saturated heterocycles. The van der Waals surface area contributed by atoms with Crippen molar-refractivity contribution < 1.29 is 9.47 Å². The fourth-order valence-electron chi connectivity index (χ4n) is 2.72. The van der Waals surface area contributed by atoms with E-state index in [-0.39, 0.29) is 12.4 Å². The third-order valence-corrected chi connectivity index (χ3v) is 3.76. The summed E-state index contributed by atoms with van der Waals surface area (Å²) < 4.78 is 11.7. The summed E-state index contributed by atoms with van der Waals surface area (Å²) in [5.74, 6) is 0. The smallest absolute Gasteiger partial charge is 0.158 e. The molecule has 3 rings (SSSR count). The average Bonchev–Trinajstić information content (AvgIpc) is 2.47. The summed E-state index contributed by atoms with van der Waals surface area (Å²) in [7, 11) is 0. The molecule has 1 fully saturated rings. The molecule has 1 aliphatic rings. The summed E-state index contributed by atoms with van der Waals surface area (Å²) in [4.78, 5) is 0. The zero-order valence-electron chi connectivity index (χ0n) is 11.3. The number of rotatable bonds is 3. The first kappa shape index (κ1) is 12.6. The average molecular weight is 256 g/mol. The molecule has 0 radical (unpaired) electrons. The Hall–Kier alpha value is -1.38. The summed E-state index contributed by atoms with van der Waals surface area (Å²) in [6.45, 7) is 2.94. The van der Waals surface area contributed by atoms with E-state index in [4.69, 9.17) is 9.47 Å². The molecule has 0 amide bonds. The van der Waals surface area contributed by atoms with Crippen LogP contribution in [0.3, 0.4) is 0 Å². The Balaban J connectivity index is 1.82. The first-order chi connectivity index (χ1) is 9.34. The standard InChI is InChI=1S/C17H20O2/c1-13(19-17-11-4-5-12-18-17)15-10-6-8-14-7-2-3-9-16(14)15/h2-3,6-10,13,17H,4-5,11-12H2,1H3. The van der Waals surface area contributed by atoms with Crippen LogP contribution in [0.2, 0.25) is 0 Å². The van der Waals surface area contributed by atoms with E-state index in [1.54, 1.807) is 0 Å². The molecule has 2 atom stereocenters. The Morgan fingerprint density at radius 1 is 1.11 bits per heavy atom. The van der Waals surface area contributed by atoms with Gasteiger partial charge in [0.25, 0.3) is 0 Å². The van der Waals surface area contributed by atoms with Crippen LogP contribution in [0.25, 0.3) is 10.8 Å². The SMILES string of the molecule is CC(OC1CCCCO1)c1cccc2ccccc12. The monoisotopic (exact) mass is 256 g/mol. The van der Waals surface area contributed by atoms with Crippen LogP contribution in [-0.2, 0) is 9.47 Å². The third-order valence-electron chi connectivity index (χ3n) is 3.76. The molecular formula is C17H20O2. The maximum Gasteiger partial charge on any atom is 0.158 e. The van der Waals surface area contributed by atoms with Gasteiger partial charge in [0, 0.05) is 6.61 Å². The molecule has 2 nitrogen and oxygen atoms in total. The molecule has 2 aromatic carbocycles. The Labute approximate surface area is 114 Å². The van der Waals surface area contributed by atoms with E-state index in [0.29, 0.717) is 0 Å². The van der Waals surface area contributed by atoms with Crippen molar-refractivity contribution in [2.45, 2.75) is 38.6 Å². The Morgan fingerprint density at radius 3 is 2.79 bits per heavy atom. The Morgan fingerprint density at radius 2 is 1.95 bits per heavy atom. The van der Waals surface area contributed by atoms with Gasteiger partial charge in [-0.25, -0.2) is 0 Å². The predicted molar refractivity (Wildman–Crippen MR) is 77.0 cm³/mol. The van der Waals surface area contributed by atoms with Gasteiger partial charge in [0.2, 0.25) is 0 Å². The first-order valence-electron chi connectivity index (χ1n) is 7.09. The maximum atomic E-state index is 6.06. The summed E-state index contributed by atoms with van der Waals surface area (Å²) in [5.41, 5.74) is 1.24. The van der Waals surface area contributed by atoms with Gasteiger partial charge >= 0.3 is 0 Å². The maximum absolute atomic E-state index is 6.06. The van der Waals surface area contributed by atoms with Gasteiger partial charge in [-0.15, -0.1) is 0 Å². The molecule has 0 spiro atoms. The molecular weight excluding hydrogens is 236 g/mol. The van der Waals surface area contributed by atoms with Crippen LogP contribution in [0.5, 0.6) is 0 Å². The lowest BCUT2D eigenvalue weighted by molar-refractivity contribution is -0.185. The van der Waals surface area contributed by atoms with Crippen LogP contribution in [-0.4, -0.2) is 12.9 Å². The number of fused-ring (bicyclic) bond motifs is 1. The molecule has 0 bridgehead atoms. The Kier molecular flexibility index (Phi) is 3.81. The highest BCUT2D eigenvalue weighted by Gasteiger charge is 2.19. The molecule has 19 heavy (non-hydrogen) atoms. The first-order valence-corrected chi connectivity index (χ1v) is 7.09. The van der Waals surface area contributed by atoms with Crippen LogP contribution in [0.15, 0.2) is 42.5 Å². The van der Waals surface area contributed by atoms with Crippen molar-refractivity contribution >= 4 is 10.8 Å². The van der Waals surface area contributed by atoms with Crippen LogP contribution < -0.4 is 0 Å². The summed E-state index contributed by atoms with van der Waals surface area (Å²) in [6.07, 6.45) is 3.39. The fourth-order valence-corrected chi connectivity index (χ4v) is 2.72. The van der Waals surface area contributed by atoms with Crippen molar-refractivity contribution in [3.63, 3.8) is 0 Å². The second kappa shape index (κ2) is 5.72. The van der Waals surface area contributed by atoms with E-state index in [1.165, 1.54) is 22.8 Å². The lowest BCUT2D eigenvalue weighted by Crippen LogP contribution is -2.23. The van der Waals surface area contributed by atoms with Crippen molar-refractivity contribution in [3.8, 4) is 0 Å². The van der Waals surface area contributed by atoms with E-state index in [0.717, 1.165) is 19.4 Å². The zero-order chi connectivity index (χ0) is 13.1. The second-order valence-electron chi connectivity index (χ2n) is 5.14. The zero-order valence-corrected chi connectivity index (χ0v) is 11.3. The fraction of sp³-hybridized carbons (Fsp3) is 0.412. The topological polar surface area (TPSA) is 18.5 Å². The number of hydrogen-bond donors (Lipinski definition) is 0. The predicted octanol–water partition coefficient (Wildman–Crippen LogP) is 4.44. The highest BCUT2D eigenvalue weighted by Crippen LogP contribution is 2.29. The van der Waals surface area contributed by atoms with Gasteiger partial charge < -0.3 is 9.47 Å². The van der Waals surface area contributed by atoms with Gasteiger partial charge in [-0.05, 0) is 42.5 Å². The van der Waals surface area contributed by atoms with Crippen molar-refractivity contribution in [2.75, 3.05) is 6.61 Å². The van der Waals surface area contributed by atoms with E-state index in [1.807, 2.05) is 0 Å². The van der Waals surface area contributed by atoms with Gasteiger partial charge in [-0.1, -0.05) is 42.5 Å². The number of ether oxygens (including phenoxy) is 2. The van der Waals surface area contributed by atoms with Crippen LogP contribution in [0.1, 0.15) is 37.9 Å². The third kappa shape index (κ3) is 2.80. The van der Waals surface area contributed by atoms with Crippen molar-refractivity contribution in [2.24, 2.45) is 0 Å². The second-order valence-corrected chi connectivity index (χ2v) is 5.14. The molecule has 1 heterocycles. The molecule has 0 N–H and O–H groups in total. The lowest BCUT2D eigenvalue weighted by atomic mass is 10.0. The normalized spacial score (nSPS) is 21.4. The molecule has 2 heteroatoms. The van der Waals surface area contributed by atoms with E-state index < -0.39 is 0 Å². The molecule has 0 aliphatic carbocycles. The largest absolute Gasteiger partial charge is 0.353 e. The molecule has 0 saturated carbocycles. The Bertz CT molecular complexity index is 538. The van der Waals surface area contributed by atoms with E-state index in [9.17, 15) is 0 Å². The quantitative estimate of drug-likeness (QED) is 0.808. The number of hydrogen-bond acceptors (Lipinski definition) is 2. The number of benzene rings is 2.